The second-order valence-electron chi connectivity index (χ2n) is 5.77. The molecule has 0 spiro atoms. The molecule has 0 saturated heterocycles. The van der Waals surface area contributed by atoms with Gasteiger partial charge >= 0.3 is 0 Å². The summed E-state index contributed by atoms with van der Waals surface area (Å²) in [7, 11) is 0. The highest BCUT2D eigenvalue weighted by molar-refractivity contribution is 9.10. The maximum atomic E-state index is 12.2. The molecule has 0 saturated carbocycles. The molecule has 0 aliphatic heterocycles. The number of amides is 1. The quantitative estimate of drug-likeness (QED) is 0.597. The van der Waals surface area contributed by atoms with E-state index in [0.29, 0.717) is 5.75 Å². The Kier molecular flexibility index (Phi) is 5.60. The predicted octanol–water partition coefficient (Wildman–Crippen LogP) is 4.98. The molecule has 25 heavy (non-hydrogen) atoms. The van der Waals surface area contributed by atoms with Gasteiger partial charge in [-0.15, -0.1) is 0 Å². The Morgan fingerprint density at radius 2 is 1.84 bits per heavy atom. The van der Waals surface area contributed by atoms with Gasteiger partial charge in [-0.25, -0.2) is 4.98 Å². The van der Waals surface area contributed by atoms with E-state index in [0.717, 1.165) is 21.0 Å². The van der Waals surface area contributed by atoms with E-state index in [-0.39, 0.29) is 5.91 Å². The standard InChI is InChI=1S/C19H18BrN3OS/c1-13-9-14(2)11-17(10-13)23-8-7-21-19(23)25-12-18(24)22-16-5-3-15(20)4-6-16/h3-11H,12H2,1-2H3,(H,22,24). The Morgan fingerprint density at radius 3 is 2.52 bits per heavy atom. The number of hydrogen-bond acceptors (Lipinski definition) is 3. The molecule has 0 fully saturated rings. The summed E-state index contributed by atoms with van der Waals surface area (Å²) in [4.78, 5) is 16.6. The van der Waals surface area contributed by atoms with Gasteiger partial charge in [0.15, 0.2) is 5.16 Å². The summed E-state index contributed by atoms with van der Waals surface area (Å²) in [6, 6.07) is 13.9. The van der Waals surface area contributed by atoms with E-state index in [9.17, 15) is 4.79 Å². The van der Waals surface area contributed by atoms with Crippen LogP contribution < -0.4 is 5.32 Å². The molecule has 1 heterocycles. The maximum absolute atomic E-state index is 12.2. The fourth-order valence-electron chi connectivity index (χ4n) is 2.54. The number of benzene rings is 2. The van der Waals surface area contributed by atoms with Crippen LogP contribution in [0.25, 0.3) is 5.69 Å². The fourth-order valence-corrected chi connectivity index (χ4v) is 3.58. The second-order valence-corrected chi connectivity index (χ2v) is 7.63. The maximum Gasteiger partial charge on any atom is 0.234 e. The number of aromatic nitrogens is 2. The molecular weight excluding hydrogens is 398 g/mol. The van der Waals surface area contributed by atoms with Crippen LogP contribution >= 0.6 is 27.7 Å². The molecule has 1 aromatic heterocycles. The van der Waals surface area contributed by atoms with Crippen molar-refractivity contribution in [3.05, 3.63) is 70.5 Å². The van der Waals surface area contributed by atoms with E-state index in [1.54, 1.807) is 6.20 Å². The lowest BCUT2D eigenvalue weighted by Gasteiger charge is -2.10. The number of nitrogens with zero attached hydrogens (tertiary/aromatic N) is 2. The van der Waals surface area contributed by atoms with Crippen LogP contribution in [0, 0.1) is 13.8 Å². The molecule has 1 amide bonds. The van der Waals surface area contributed by atoms with Crippen LogP contribution in [-0.2, 0) is 4.79 Å². The average molecular weight is 416 g/mol. The summed E-state index contributed by atoms with van der Waals surface area (Å²) < 4.78 is 2.99. The largest absolute Gasteiger partial charge is 0.325 e. The van der Waals surface area contributed by atoms with Crippen LogP contribution in [0.2, 0.25) is 0 Å². The summed E-state index contributed by atoms with van der Waals surface area (Å²) in [6.45, 7) is 4.15. The van der Waals surface area contributed by atoms with Crippen molar-refractivity contribution in [2.24, 2.45) is 0 Å². The zero-order valence-corrected chi connectivity index (χ0v) is 16.4. The Labute approximate surface area is 159 Å². The molecule has 2 aromatic carbocycles. The van der Waals surface area contributed by atoms with Gasteiger partial charge in [0.05, 0.1) is 5.75 Å². The highest BCUT2D eigenvalue weighted by Crippen LogP contribution is 2.22. The number of carbonyl (C=O) groups is 1. The molecular formula is C19H18BrN3OS. The Hall–Kier alpha value is -2.05. The molecule has 3 aromatic rings. The molecule has 3 rings (SSSR count). The zero-order valence-electron chi connectivity index (χ0n) is 14.0. The molecule has 0 aliphatic carbocycles. The molecule has 0 bridgehead atoms. The lowest BCUT2D eigenvalue weighted by atomic mass is 10.1. The van der Waals surface area contributed by atoms with Crippen molar-refractivity contribution in [1.29, 1.82) is 0 Å². The van der Waals surface area contributed by atoms with E-state index in [4.69, 9.17) is 0 Å². The highest BCUT2D eigenvalue weighted by atomic mass is 79.9. The van der Waals surface area contributed by atoms with Gasteiger partial charge < -0.3 is 5.32 Å². The van der Waals surface area contributed by atoms with Crippen LogP contribution in [0.4, 0.5) is 5.69 Å². The smallest absolute Gasteiger partial charge is 0.234 e. The van der Waals surface area contributed by atoms with Crippen molar-refractivity contribution in [3.8, 4) is 5.69 Å². The van der Waals surface area contributed by atoms with E-state index < -0.39 is 0 Å². The average Bonchev–Trinajstić information content (AvgIpc) is 3.03. The van der Waals surface area contributed by atoms with Crippen molar-refractivity contribution in [2.45, 2.75) is 19.0 Å². The minimum absolute atomic E-state index is 0.0534. The predicted molar refractivity (Wildman–Crippen MR) is 107 cm³/mol. The molecule has 0 unspecified atom stereocenters. The van der Waals surface area contributed by atoms with Gasteiger partial charge in [-0.3, -0.25) is 9.36 Å². The summed E-state index contributed by atoms with van der Waals surface area (Å²) >= 11 is 4.80. The number of rotatable bonds is 5. The van der Waals surface area contributed by atoms with Gasteiger partial charge in [0.25, 0.3) is 0 Å². The van der Waals surface area contributed by atoms with Gasteiger partial charge in [0, 0.05) is 28.2 Å². The second kappa shape index (κ2) is 7.89. The first-order valence-corrected chi connectivity index (χ1v) is 9.59. The third-order valence-corrected chi connectivity index (χ3v) is 5.05. The monoisotopic (exact) mass is 415 g/mol. The van der Waals surface area contributed by atoms with E-state index in [2.05, 4.69) is 58.3 Å². The van der Waals surface area contributed by atoms with Crippen LogP contribution in [-0.4, -0.2) is 21.2 Å². The third kappa shape index (κ3) is 4.74. The number of imidazole rings is 1. The van der Waals surface area contributed by atoms with Crippen molar-refractivity contribution in [3.63, 3.8) is 0 Å². The topological polar surface area (TPSA) is 46.9 Å². The number of carbonyl (C=O) groups excluding carboxylic acids is 1. The van der Waals surface area contributed by atoms with Crippen LogP contribution in [0.5, 0.6) is 0 Å². The number of hydrogen-bond donors (Lipinski definition) is 1. The fraction of sp³-hybridized carbons (Fsp3) is 0.158. The highest BCUT2D eigenvalue weighted by Gasteiger charge is 2.10. The zero-order chi connectivity index (χ0) is 17.8. The minimum Gasteiger partial charge on any atom is -0.325 e. The first-order valence-electron chi connectivity index (χ1n) is 7.81. The van der Waals surface area contributed by atoms with E-state index >= 15 is 0 Å². The Morgan fingerprint density at radius 1 is 1.16 bits per heavy atom. The summed E-state index contributed by atoms with van der Waals surface area (Å²) in [5.41, 5.74) is 4.25. The van der Waals surface area contributed by atoms with Crippen LogP contribution in [0.3, 0.4) is 0 Å². The number of thioether (sulfide) groups is 1. The number of nitrogens with one attached hydrogen (secondary N) is 1. The first kappa shape index (κ1) is 17.8. The van der Waals surface area contributed by atoms with Crippen LogP contribution in [0.15, 0.2) is 64.5 Å². The molecule has 1 N–H and O–H groups in total. The van der Waals surface area contributed by atoms with Gasteiger partial charge in [0.1, 0.15) is 0 Å². The molecule has 0 aliphatic rings. The van der Waals surface area contributed by atoms with Crippen molar-refractivity contribution in [1.82, 2.24) is 9.55 Å². The van der Waals surface area contributed by atoms with Crippen LogP contribution in [0.1, 0.15) is 11.1 Å². The summed E-state index contributed by atoms with van der Waals surface area (Å²) in [5, 5.41) is 3.69. The molecule has 4 nitrogen and oxygen atoms in total. The molecule has 128 valence electrons. The van der Waals surface area contributed by atoms with Crippen molar-refractivity contribution >= 4 is 39.3 Å². The lowest BCUT2D eigenvalue weighted by molar-refractivity contribution is -0.113. The number of aryl methyl sites for hydroxylation is 2. The molecule has 6 heteroatoms. The number of halogens is 1. The van der Waals surface area contributed by atoms with Gasteiger partial charge in [-0.1, -0.05) is 33.8 Å². The van der Waals surface area contributed by atoms with Crippen molar-refractivity contribution in [2.75, 3.05) is 11.1 Å². The summed E-state index contributed by atoms with van der Waals surface area (Å²) in [5.74, 6) is 0.250. The molecule has 0 atom stereocenters. The van der Waals surface area contributed by atoms with Gasteiger partial charge in [-0.2, -0.15) is 0 Å². The van der Waals surface area contributed by atoms with Gasteiger partial charge in [0.2, 0.25) is 5.91 Å². The SMILES string of the molecule is Cc1cc(C)cc(-n2ccnc2SCC(=O)Nc2ccc(Br)cc2)c1. The normalized spacial score (nSPS) is 10.7. The lowest BCUT2D eigenvalue weighted by Crippen LogP contribution is -2.14. The van der Waals surface area contributed by atoms with E-state index in [1.165, 1.54) is 22.9 Å². The first-order chi connectivity index (χ1) is 12.0. The van der Waals surface area contributed by atoms with Gasteiger partial charge in [-0.05, 0) is 61.4 Å². The Balaban J connectivity index is 1.67. The third-order valence-electron chi connectivity index (χ3n) is 3.55. The minimum atomic E-state index is -0.0534. The summed E-state index contributed by atoms with van der Waals surface area (Å²) in [6.07, 6.45) is 3.68. The number of anilines is 1. The Bertz CT molecular complexity index is 870. The van der Waals surface area contributed by atoms with E-state index in [1.807, 2.05) is 35.0 Å². The van der Waals surface area contributed by atoms with Crippen molar-refractivity contribution < 1.29 is 4.79 Å². The molecule has 0 radical (unpaired) electrons.